The summed E-state index contributed by atoms with van der Waals surface area (Å²) in [4.78, 5) is 12.5. The molecule has 0 fully saturated rings. The van der Waals surface area contributed by atoms with Crippen LogP contribution in [0.2, 0.25) is 0 Å². The number of carbonyl (C=O) groups excluding carboxylic acids is 1. The number of hydrogen-bond acceptors (Lipinski definition) is 3. The van der Waals surface area contributed by atoms with Gasteiger partial charge in [-0.3, -0.25) is 4.79 Å². The Kier molecular flexibility index (Phi) is 5.12. The number of ketones is 1. The average molecular weight is 264 g/mol. The van der Waals surface area contributed by atoms with Gasteiger partial charge in [0.2, 0.25) is 0 Å². The highest BCUT2D eigenvalue weighted by Crippen LogP contribution is 2.26. The van der Waals surface area contributed by atoms with Crippen molar-refractivity contribution < 1.29 is 14.3 Å². The predicted octanol–water partition coefficient (Wildman–Crippen LogP) is 3.72. The monoisotopic (exact) mass is 264 g/mol. The molecule has 1 rings (SSSR count). The van der Waals surface area contributed by atoms with E-state index in [-0.39, 0.29) is 17.3 Å². The van der Waals surface area contributed by atoms with Crippen molar-refractivity contribution in [1.29, 1.82) is 0 Å². The molecule has 1 unspecified atom stereocenters. The standard InChI is InChI=1S/C16H24O3/c1-11(2)19-13-9-7-8-12(10-13)14(17)15(18-6)16(3,4)5/h7-11,15H,1-6H3. The van der Waals surface area contributed by atoms with Crippen LogP contribution in [-0.4, -0.2) is 25.1 Å². The van der Waals surface area contributed by atoms with Crippen molar-refractivity contribution in [2.24, 2.45) is 5.41 Å². The predicted molar refractivity (Wildman–Crippen MR) is 76.8 cm³/mol. The Morgan fingerprint density at radius 1 is 1.21 bits per heavy atom. The van der Waals surface area contributed by atoms with Gasteiger partial charge in [-0.15, -0.1) is 0 Å². The zero-order valence-electron chi connectivity index (χ0n) is 12.7. The summed E-state index contributed by atoms with van der Waals surface area (Å²) in [5.74, 6) is 0.703. The van der Waals surface area contributed by atoms with Crippen LogP contribution in [0.15, 0.2) is 24.3 Å². The molecule has 0 saturated heterocycles. The molecular weight excluding hydrogens is 240 g/mol. The van der Waals surface area contributed by atoms with Crippen molar-refractivity contribution in [3.63, 3.8) is 0 Å². The summed E-state index contributed by atoms with van der Waals surface area (Å²) >= 11 is 0. The summed E-state index contributed by atoms with van der Waals surface area (Å²) in [6, 6.07) is 7.27. The molecule has 1 aromatic carbocycles. The van der Waals surface area contributed by atoms with Gasteiger partial charge in [0.25, 0.3) is 0 Å². The van der Waals surface area contributed by atoms with E-state index < -0.39 is 6.10 Å². The fraction of sp³-hybridized carbons (Fsp3) is 0.562. The molecule has 0 radical (unpaired) electrons. The van der Waals surface area contributed by atoms with Crippen LogP contribution in [0.5, 0.6) is 5.75 Å². The summed E-state index contributed by atoms with van der Waals surface area (Å²) in [6.07, 6.45) is -0.368. The third-order valence-corrected chi connectivity index (χ3v) is 2.75. The van der Waals surface area contributed by atoms with E-state index >= 15 is 0 Å². The smallest absolute Gasteiger partial charge is 0.192 e. The fourth-order valence-corrected chi connectivity index (χ4v) is 2.00. The van der Waals surface area contributed by atoms with Crippen LogP contribution >= 0.6 is 0 Å². The molecule has 0 spiro atoms. The summed E-state index contributed by atoms with van der Waals surface area (Å²) in [7, 11) is 1.57. The molecule has 0 bridgehead atoms. The van der Waals surface area contributed by atoms with Crippen molar-refractivity contribution in [2.75, 3.05) is 7.11 Å². The first-order valence-electron chi connectivity index (χ1n) is 6.59. The van der Waals surface area contributed by atoms with Gasteiger partial charge in [-0.2, -0.15) is 0 Å². The summed E-state index contributed by atoms with van der Waals surface area (Å²) in [5, 5.41) is 0. The SMILES string of the molecule is COC(C(=O)c1cccc(OC(C)C)c1)C(C)(C)C. The van der Waals surface area contributed by atoms with Gasteiger partial charge in [0.1, 0.15) is 11.9 Å². The van der Waals surface area contributed by atoms with Crippen LogP contribution in [0.25, 0.3) is 0 Å². The maximum Gasteiger partial charge on any atom is 0.192 e. The van der Waals surface area contributed by atoms with E-state index in [0.29, 0.717) is 11.3 Å². The Morgan fingerprint density at radius 2 is 1.84 bits per heavy atom. The van der Waals surface area contributed by atoms with Gasteiger partial charge in [0.15, 0.2) is 5.78 Å². The molecule has 0 aliphatic rings. The lowest BCUT2D eigenvalue weighted by Gasteiger charge is -2.28. The number of rotatable bonds is 5. The number of ether oxygens (including phenoxy) is 2. The lowest BCUT2D eigenvalue weighted by Crippen LogP contribution is -2.36. The second-order valence-corrected chi connectivity index (χ2v) is 6.04. The van der Waals surface area contributed by atoms with Gasteiger partial charge in [-0.25, -0.2) is 0 Å². The zero-order valence-corrected chi connectivity index (χ0v) is 12.7. The molecule has 0 aliphatic heterocycles. The second kappa shape index (κ2) is 6.20. The maximum absolute atomic E-state index is 12.5. The maximum atomic E-state index is 12.5. The normalized spacial score (nSPS) is 13.4. The highest BCUT2D eigenvalue weighted by molar-refractivity contribution is 6.00. The van der Waals surface area contributed by atoms with Crippen molar-refractivity contribution in [2.45, 2.75) is 46.8 Å². The van der Waals surface area contributed by atoms with E-state index in [1.54, 1.807) is 19.2 Å². The second-order valence-electron chi connectivity index (χ2n) is 6.04. The van der Waals surface area contributed by atoms with Gasteiger partial charge < -0.3 is 9.47 Å². The van der Waals surface area contributed by atoms with E-state index in [9.17, 15) is 4.79 Å². The first kappa shape index (κ1) is 15.7. The first-order valence-corrected chi connectivity index (χ1v) is 6.59. The van der Waals surface area contributed by atoms with Gasteiger partial charge >= 0.3 is 0 Å². The quantitative estimate of drug-likeness (QED) is 0.760. The Bertz CT molecular complexity index is 430. The van der Waals surface area contributed by atoms with Crippen LogP contribution in [-0.2, 0) is 4.74 Å². The molecule has 1 aromatic rings. The Labute approximate surface area is 115 Å². The van der Waals surface area contributed by atoms with Crippen LogP contribution in [0.1, 0.15) is 45.0 Å². The lowest BCUT2D eigenvalue weighted by atomic mass is 9.84. The summed E-state index contributed by atoms with van der Waals surface area (Å²) in [5.41, 5.74) is 0.390. The van der Waals surface area contributed by atoms with E-state index in [4.69, 9.17) is 9.47 Å². The van der Waals surface area contributed by atoms with E-state index in [0.717, 1.165) is 0 Å². The van der Waals surface area contributed by atoms with Crippen molar-refractivity contribution >= 4 is 5.78 Å². The Morgan fingerprint density at radius 3 is 2.32 bits per heavy atom. The molecule has 3 heteroatoms. The number of benzene rings is 1. The van der Waals surface area contributed by atoms with Crippen LogP contribution in [0.3, 0.4) is 0 Å². The summed E-state index contributed by atoms with van der Waals surface area (Å²) in [6.45, 7) is 9.90. The van der Waals surface area contributed by atoms with Crippen LogP contribution < -0.4 is 4.74 Å². The van der Waals surface area contributed by atoms with Crippen molar-refractivity contribution in [3.8, 4) is 5.75 Å². The number of carbonyl (C=O) groups is 1. The van der Waals surface area contributed by atoms with Gasteiger partial charge in [-0.1, -0.05) is 32.9 Å². The van der Waals surface area contributed by atoms with E-state index in [2.05, 4.69) is 0 Å². The molecular formula is C16H24O3. The number of Topliss-reactive ketones (excluding diaryl/α,β-unsaturated/α-hetero) is 1. The van der Waals surface area contributed by atoms with Crippen LogP contribution in [0.4, 0.5) is 0 Å². The fourth-order valence-electron chi connectivity index (χ4n) is 2.00. The Balaban J connectivity index is 2.99. The summed E-state index contributed by atoms with van der Waals surface area (Å²) < 4.78 is 11.0. The third-order valence-electron chi connectivity index (χ3n) is 2.75. The van der Waals surface area contributed by atoms with Gasteiger partial charge in [-0.05, 0) is 31.4 Å². The van der Waals surface area contributed by atoms with Crippen molar-refractivity contribution in [1.82, 2.24) is 0 Å². The third kappa shape index (κ3) is 4.35. The minimum atomic E-state index is -0.457. The zero-order chi connectivity index (χ0) is 14.6. The molecule has 0 N–H and O–H groups in total. The van der Waals surface area contributed by atoms with E-state index in [1.165, 1.54) is 0 Å². The molecule has 106 valence electrons. The minimum absolute atomic E-state index is 0.00999. The molecule has 19 heavy (non-hydrogen) atoms. The molecule has 0 heterocycles. The van der Waals surface area contributed by atoms with Crippen LogP contribution in [0, 0.1) is 5.41 Å². The number of hydrogen-bond donors (Lipinski definition) is 0. The first-order chi connectivity index (χ1) is 8.75. The molecule has 3 nitrogen and oxygen atoms in total. The Hall–Kier alpha value is -1.35. The molecule has 0 aliphatic carbocycles. The topological polar surface area (TPSA) is 35.5 Å². The molecule has 0 saturated carbocycles. The minimum Gasteiger partial charge on any atom is -0.491 e. The van der Waals surface area contributed by atoms with Gasteiger partial charge in [0, 0.05) is 12.7 Å². The van der Waals surface area contributed by atoms with Crippen molar-refractivity contribution in [3.05, 3.63) is 29.8 Å². The molecule has 1 atom stereocenters. The average Bonchev–Trinajstić information content (AvgIpc) is 2.27. The largest absolute Gasteiger partial charge is 0.491 e. The lowest BCUT2D eigenvalue weighted by molar-refractivity contribution is 0.0195. The highest BCUT2D eigenvalue weighted by Gasteiger charge is 2.32. The van der Waals surface area contributed by atoms with E-state index in [1.807, 2.05) is 46.8 Å². The molecule has 0 amide bonds. The molecule has 0 aromatic heterocycles. The highest BCUT2D eigenvalue weighted by atomic mass is 16.5. The number of methoxy groups -OCH3 is 1. The van der Waals surface area contributed by atoms with Gasteiger partial charge in [0.05, 0.1) is 6.10 Å².